The number of anilines is 1. The molecule has 0 aliphatic rings. The summed E-state index contributed by atoms with van der Waals surface area (Å²) in [4.78, 5) is 12.0. The summed E-state index contributed by atoms with van der Waals surface area (Å²) in [5.74, 6) is -0.336. The van der Waals surface area contributed by atoms with Crippen molar-refractivity contribution in [3.05, 3.63) is 24.0 Å². The number of rotatable bonds is 7. The molecule has 0 spiro atoms. The molecule has 0 radical (unpaired) electrons. The first-order chi connectivity index (χ1) is 9.51. The molecule has 0 saturated carbocycles. The Bertz CT molecular complexity index is 447. The van der Waals surface area contributed by atoms with E-state index in [1.54, 1.807) is 13.0 Å². The van der Waals surface area contributed by atoms with E-state index in [1.165, 1.54) is 19.2 Å². The molecule has 1 atom stereocenters. The molecule has 1 unspecified atom stereocenters. The predicted molar refractivity (Wildman–Crippen MR) is 78.5 cm³/mol. The number of hydrogen-bond donors (Lipinski definition) is 2. The van der Waals surface area contributed by atoms with Crippen molar-refractivity contribution in [3.63, 3.8) is 0 Å². The molecule has 1 amide bonds. The summed E-state index contributed by atoms with van der Waals surface area (Å²) in [7, 11) is 1.41. The van der Waals surface area contributed by atoms with Crippen LogP contribution in [0.25, 0.3) is 0 Å². The maximum absolute atomic E-state index is 13.3. The van der Waals surface area contributed by atoms with Crippen LogP contribution < -0.4 is 15.4 Å². The molecule has 1 rings (SSSR count). The summed E-state index contributed by atoms with van der Waals surface area (Å²) >= 11 is 0. The van der Waals surface area contributed by atoms with Gasteiger partial charge in [0, 0.05) is 17.8 Å². The van der Waals surface area contributed by atoms with Crippen LogP contribution in [0.1, 0.15) is 33.6 Å². The van der Waals surface area contributed by atoms with Gasteiger partial charge in [0.25, 0.3) is 0 Å². The number of halogens is 1. The second-order valence-electron chi connectivity index (χ2n) is 4.74. The van der Waals surface area contributed by atoms with Gasteiger partial charge in [-0.3, -0.25) is 4.79 Å². The predicted octanol–water partition coefficient (Wildman–Crippen LogP) is 2.94. The Labute approximate surface area is 119 Å². The van der Waals surface area contributed by atoms with Crippen molar-refractivity contribution in [1.82, 2.24) is 5.32 Å². The van der Waals surface area contributed by atoms with Crippen LogP contribution in [-0.4, -0.2) is 25.1 Å². The molecule has 4 nitrogen and oxygen atoms in total. The van der Waals surface area contributed by atoms with Crippen molar-refractivity contribution in [1.29, 1.82) is 0 Å². The van der Waals surface area contributed by atoms with Gasteiger partial charge in [0.1, 0.15) is 6.04 Å². The fourth-order valence-corrected chi connectivity index (χ4v) is 1.88. The topological polar surface area (TPSA) is 50.4 Å². The third-order valence-electron chi connectivity index (χ3n) is 3.26. The van der Waals surface area contributed by atoms with E-state index in [9.17, 15) is 9.18 Å². The van der Waals surface area contributed by atoms with E-state index in [0.29, 0.717) is 5.69 Å². The first-order valence-corrected chi connectivity index (χ1v) is 6.92. The second-order valence-corrected chi connectivity index (χ2v) is 4.74. The van der Waals surface area contributed by atoms with Crippen LogP contribution in [-0.2, 0) is 4.79 Å². The largest absolute Gasteiger partial charge is 0.494 e. The van der Waals surface area contributed by atoms with Crippen LogP contribution in [0.15, 0.2) is 18.2 Å². The number of ether oxygens (including phenoxy) is 1. The van der Waals surface area contributed by atoms with E-state index < -0.39 is 11.9 Å². The lowest BCUT2D eigenvalue weighted by Crippen LogP contribution is -2.42. The summed E-state index contributed by atoms with van der Waals surface area (Å²) in [5.41, 5.74) is 0.649. The number of nitrogens with one attached hydrogen (secondary N) is 2. The Morgan fingerprint density at radius 2 is 2.00 bits per heavy atom. The zero-order valence-electron chi connectivity index (χ0n) is 12.5. The molecule has 0 aliphatic heterocycles. The lowest BCUT2D eigenvalue weighted by atomic mass is 10.1. The minimum atomic E-state index is -0.424. The minimum Gasteiger partial charge on any atom is -0.494 e. The Morgan fingerprint density at radius 1 is 1.35 bits per heavy atom. The lowest BCUT2D eigenvalue weighted by molar-refractivity contribution is -0.122. The highest BCUT2D eigenvalue weighted by Gasteiger charge is 2.16. The summed E-state index contributed by atoms with van der Waals surface area (Å²) in [5, 5.41) is 6.01. The number of hydrogen-bond acceptors (Lipinski definition) is 3. The second kappa shape index (κ2) is 7.72. The Morgan fingerprint density at radius 3 is 2.55 bits per heavy atom. The van der Waals surface area contributed by atoms with Gasteiger partial charge in [-0.05, 0) is 31.9 Å². The highest BCUT2D eigenvalue weighted by molar-refractivity contribution is 5.84. The van der Waals surface area contributed by atoms with Crippen LogP contribution in [0.4, 0.5) is 10.1 Å². The average Bonchev–Trinajstić information content (AvgIpc) is 2.46. The molecule has 0 aliphatic carbocycles. The molecule has 0 heterocycles. The quantitative estimate of drug-likeness (QED) is 0.808. The maximum Gasteiger partial charge on any atom is 0.242 e. The van der Waals surface area contributed by atoms with Crippen molar-refractivity contribution in [2.45, 2.75) is 45.7 Å². The van der Waals surface area contributed by atoms with E-state index in [0.717, 1.165) is 12.8 Å². The van der Waals surface area contributed by atoms with Crippen LogP contribution >= 0.6 is 0 Å². The zero-order chi connectivity index (χ0) is 15.1. The average molecular weight is 282 g/mol. The molecular weight excluding hydrogens is 259 g/mol. The fraction of sp³-hybridized carbons (Fsp3) is 0.533. The van der Waals surface area contributed by atoms with Crippen molar-refractivity contribution in [2.24, 2.45) is 0 Å². The van der Waals surface area contributed by atoms with Crippen LogP contribution in [0, 0.1) is 5.82 Å². The summed E-state index contributed by atoms with van der Waals surface area (Å²) in [6.45, 7) is 5.85. The molecule has 5 heteroatoms. The zero-order valence-corrected chi connectivity index (χ0v) is 12.5. The molecule has 0 bridgehead atoms. The van der Waals surface area contributed by atoms with Crippen molar-refractivity contribution >= 4 is 11.6 Å². The molecular formula is C15H23FN2O2. The van der Waals surface area contributed by atoms with Crippen molar-refractivity contribution in [2.75, 3.05) is 12.4 Å². The number of carbonyl (C=O) groups excluding carboxylic acids is 1. The van der Waals surface area contributed by atoms with Gasteiger partial charge in [0.2, 0.25) is 5.91 Å². The number of methoxy groups -OCH3 is 1. The van der Waals surface area contributed by atoms with Gasteiger partial charge >= 0.3 is 0 Å². The molecule has 0 saturated heterocycles. The van der Waals surface area contributed by atoms with E-state index in [1.807, 2.05) is 13.8 Å². The van der Waals surface area contributed by atoms with E-state index in [-0.39, 0.29) is 17.7 Å². The summed E-state index contributed by atoms with van der Waals surface area (Å²) in [6, 6.07) is 4.22. The van der Waals surface area contributed by atoms with Gasteiger partial charge in [0.15, 0.2) is 11.6 Å². The van der Waals surface area contributed by atoms with Gasteiger partial charge in [-0.2, -0.15) is 0 Å². The van der Waals surface area contributed by atoms with E-state index in [2.05, 4.69) is 10.6 Å². The number of amides is 1. The lowest BCUT2D eigenvalue weighted by Gasteiger charge is -2.20. The molecule has 0 aromatic heterocycles. The highest BCUT2D eigenvalue weighted by Crippen LogP contribution is 2.21. The Balaban J connectivity index is 2.65. The Kier molecular flexibility index (Phi) is 6.28. The maximum atomic E-state index is 13.3. The summed E-state index contributed by atoms with van der Waals surface area (Å²) in [6.07, 6.45) is 1.80. The minimum absolute atomic E-state index is 0.0676. The molecule has 0 fully saturated rings. The van der Waals surface area contributed by atoms with Gasteiger partial charge in [-0.15, -0.1) is 0 Å². The van der Waals surface area contributed by atoms with Gasteiger partial charge in [-0.25, -0.2) is 4.39 Å². The highest BCUT2D eigenvalue weighted by atomic mass is 19.1. The summed E-state index contributed by atoms with van der Waals surface area (Å²) < 4.78 is 18.2. The SMILES string of the molecule is CCC(CC)NC(=O)C(C)Nc1ccc(F)c(OC)c1. The third kappa shape index (κ3) is 4.40. The van der Waals surface area contributed by atoms with Gasteiger partial charge in [0.05, 0.1) is 7.11 Å². The normalized spacial score (nSPS) is 12.1. The smallest absolute Gasteiger partial charge is 0.242 e. The standard InChI is InChI=1S/C15H23FN2O2/c1-5-11(6-2)18-15(19)10(3)17-12-7-8-13(16)14(9-12)20-4/h7-11,17H,5-6H2,1-4H3,(H,18,19). The van der Waals surface area contributed by atoms with Crippen LogP contribution in [0.3, 0.4) is 0 Å². The van der Waals surface area contributed by atoms with Gasteiger partial charge < -0.3 is 15.4 Å². The van der Waals surface area contributed by atoms with Crippen molar-refractivity contribution < 1.29 is 13.9 Å². The van der Waals surface area contributed by atoms with Crippen LogP contribution in [0.2, 0.25) is 0 Å². The molecule has 2 N–H and O–H groups in total. The van der Waals surface area contributed by atoms with E-state index >= 15 is 0 Å². The monoisotopic (exact) mass is 282 g/mol. The molecule has 1 aromatic rings. The van der Waals surface area contributed by atoms with Crippen LogP contribution in [0.5, 0.6) is 5.75 Å². The first kappa shape index (κ1) is 16.3. The molecule has 1 aromatic carbocycles. The number of carbonyl (C=O) groups is 1. The van der Waals surface area contributed by atoms with Crippen molar-refractivity contribution in [3.8, 4) is 5.75 Å². The third-order valence-corrected chi connectivity index (χ3v) is 3.26. The van der Waals surface area contributed by atoms with E-state index in [4.69, 9.17) is 4.74 Å². The number of benzene rings is 1. The fourth-order valence-electron chi connectivity index (χ4n) is 1.88. The van der Waals surface area contributed by atoms with Gasteiger partial charge in [-0.1, -0.05) is 13.8 Å². The first-order valence-electron chi connectivity index (χ1n) is 6.92. The molecule has 112 valence electrons. The Hall–Kier alpha value is -1.78. The molecule has 20 heavy (non-hydrogen) atoms.